The van der Waals surface area contributed by atoms with E-state index >= 15 is 4.39 Å². The molecule has 3 atom stereocenters. The number of nitrogens with zero attached hydrogens (tertiary/aromatic N) is 4. The van der Waals surface area contributed by atoms with Crippen LogP contribution in [0, 0.1) is 11.6 Å². The number of aromatic hydroxyl groups is 1. The van der Waals surface area contributed by atoms with E-state index in [9.17, 15) is 19.0 Å². The highest BCUT2D eigenvalue weighted by Crippen LogP contribution is 2.42. The smallest absolute Gasteiger partial charge is 0.317 e. The van der Waals surface area contributed by atoms with Crippen LogP contribution in [0.15, 0.2) is 30.5 Å². The molecule has 0 radical (unpaired) electrons. The van der Waals surface area contributed by atoms with E-state index in [1.807, 2.05) is 0 Å². The van der Waals surface area contributed by atoms with E-state index in [4.69, 9.17) is 4.74 Å². The van der Waals surface area contributed by atoms with Gasteiger partial charge in [0.05, 0.1) is 16.8 Å². The molecule has 0 amide bonds. The summed E-state index contributed by atoms with van der Waals surface area (Å²) in [7, 11) is 0. The lowest BCUT2D eigenvalue weighted by molar-refractivity contribution is 0.0544. The van der Waals surface area contributed by atoms with Crippen molar-refractivity contribution < 1.29 is 28.1 Å². The molecule has 2 aliphatic rings. The molecule has 0 unspecified atom stereocenters. The fraction of sp³-hybridized carbons (Fsp3) is 0.469. The van der Waals surface area contributed by atoms with Gasteiger partial charge in [0.2, 0.25) is 0 Å². The molecule has 42 heavy (non-hydrogen) atoms. The van der Waals surface area contributed by atoms with Gasteiger partial charge < -0.3 is 14.9 Å². The highest BCUT2D eigenvalue weighted by atomic mass is 19.1. The van der Waals surface area contributed by atoms with Crippen LogP contribution in [0.2, 0.25) is 0 Å². The first-order chi connectivity index (χ1) is 19.9. The van der Waals surface area contributed by atoms with E-state index in [1.54, 1.807) is 33.8 Å². The SMILES string of the molecule is CCc1c(F)ccc2cc(O)cc(-c3ncc4c([C@@H](C)C(C)(C)O)nc(OC[C@@]56CCCN5C[C@H](F)C6)nc4c3F)c12. The summed E-state index contributed by atoms with van der Waals surface area (Å²) in [4.78, 5) is 15.6. The molecule has 2 aliphatic heterocycles. The summed E-state index contributed by atoms with van der Waals surface area (Å²) < 4.78 is 51.9. The maximum atomic E-state index is 16.6. The van der Waals surface area contributed by atoms with Gasteiger partial charge in [0, 0.05) is 36.0 Å². The molecule has 0 bridgehead atoms. The Morgan fingerprint density at radius 3 is 2.74 bits per heavy atom. The Balaban J connectivity index is 1.52. The van der Waals surface area contributed by atoms with E-state index in [-0.39, 0.29) is 35.1 Å². The van der Waals surface area contributed by atoms with Crippen LogP contribution in [0.25, 0.3) is 32.9 Å². The summed E-state index contributed by atoms with van der Waals surface area (Å²) in [5, 5.41) is 22.6. The van der Waals surface area contributed by atoms with Gasteiger partial charge in [-0.2, -0.15) is 9.97 Å². The molecule has 0 aliphatic carbocycles. The molecule has 4 aromatic rings. The normalized spacial score (nSPS) is 21.8. The van der Waals surface area contributed by atoms with E-state index in [2.05, 4.69) is 19.9 Å². The number of hydrogen-bond donors (Lipinski definition) is 2. The van der Waals surface area contributed by atoms with E-state index in [0.717, 1.165) is 19.4 Å². The molecular weight excluding hydrogens is 545 g/mol. The largest absolute Gasteiger partial charge is 0.508 e. The van der Waals surface area contributed by atoms with Crippen molar-refractivity contribution in [2.24, 2.45) is 0 Å². The number of halogens is 3. The van der Waals surface area contributed by atoms with E-state index in [0.29, 0.717) is 46.8 Å². The quantitative estimate of drug-likeness (QED) is 0.268. The first-order valence-electron chi connectivity index (χ1n) is 14.5. The maximum Gasteiger partial charge on any atom is 0.317 e. The molecule has 0 saturated carbocycles. The van der Waals surface area contributed by atoms with Crippen molar-refractivity contribution in [2.45, 2.75) is 76.6 Å². The van der Waals surface area contributed by atoms with Crippen molar-refractivity contribution in [3.8, 4) is 23.0 Å². The number of benzene rings is 2. The number of fused-ring (bicyclic) bond motifs is 3. The zero-order chi connectivity index (χ0) is 30.0. The molecule has 2 aromatic heterocycles. The molecule has 10 heteroatoms. The number of aromatic nitrogens is 3. The van der Waals surface area contributed by atoms with Gasteiger partial charge >= 0.3 is 6.01 Å². The van der Waals surface area contributed by atoms with Crippen LogP contribution in [0.4, 0.5) is 13.2 Å². The van der Waals surface area contributed by atoms with Crippen LogP contribution in [-0.4, -0.2) is 67.1 Å². The number of aryl methyl sites for hydroxylation is 1. The van der Waals surface area contributed by atoms with Crippen molar-refractivity contribution in [3.05, 3.63) is 53.4 Å². The van der Waals surface area contributed by atoms with Crippen LogP contribution in [0.5, 0.6) is 11.8 Å². The minimum atomic E-state index is -1.21. The summed E-state index contributed by atoms with van der Waals surface area (Å²) in [5.41, 5.74) is -0.866. The third-order valence-electron chi connectivity index (χ3n) is 9.16. The van der Waals surface area contributed by atoms with Gasteiger partial charge in [0.1, 0.15) is 35.6 Å². The van der Waals surface area contributed by atoms with Gasteiger partial charge in [-0.3, -0.25) is 9.88 Å². The average Bonchev–Trinajstić information content (AvgIpc) is 3.46. The Bertz CT molecular complexity index is 1690. The van der Waals surface area contributed by atoms with Gasteiger partial charge in [-0.05, 0) is 74.2 Å². The van der Waals surface area contributed by atoms with Crippen LogP contribution in [-0.2, 0) is 6.42 Å². The topological polar surface area (TPSA) is 91.6 Å². The number of hydrogen-bond acceptors (Lipinski definition) is 7. The van der Waals surface area contributed by atoms with Gasteiger partial charge in [0.15, 0.2) is 5.82 Å². The highest BCUT2D eigenvalue weighted by Gasteiger charge is 2.49. The van der Waals surface area contributed by atoms with Crippen molar-refractivity contribution in [2.75, 3.05) is 19.7 Å². The fourth-order valence-electron chi connectivity index (χ4n) is 6.65. The van der Waals surface area contributed by atoms with Gasteiger partial charge in [0.25, 0.3) is 0 Å². The number of aliphatic hydroxyl groups is 1. The summed E-state index contributed by atoms with van der Waals surface area (Å²) in [6, 6.07) is 5.67. The third-order valence-corrected chi connectivity index (χ3v) is 9.16. The lowest BCUT2D eigenvalue weighted by Crippen LogP contribution is -2.43. The molecule has 2 aromatic carbocycles. The average molecular weight is 581 g/mol. The molecule has 7 nitrogen and oxygen atoms in total. The number of pyridine rings is 1. The van der Waals surface area contributed by atoms with Crippen LogP contribution >= 0.6 is 0 Å². The molecule has 6 rings (SSSR count). The second kappa shape index (κ2) is 10.3. The Labute approximate surface area is 242 Å². The van der Waals surface area contributed by atoms with Crippen molar-refractivity contribution in [1.82, 2.24) is 19.9 Å². The predicted octanol–water partition coefficient (Wildman–Crippen LogP) is 6.22. The minimum absolute atomic E-state index is 0.0717. The van der Waals surface area contributed by atoms with Crippen molar-refractivity contribution in [3.63, 3.8) is 0 Å². The van der Waals surface area contributed by atoms with Crippen LogP contribution in [0.1, 0.15) is 64.1 Å². The zero-order valence-electron chi connectivity index (χ0n) is 24.2. The molecule has 2 fully saturated rings. The molecular formula is C32H35F3N4O3. The minimum Gasteiger partial charge on any atom is -0.508 e. The lowest BCUT2D eigenvalue weighted by atomic mass is 9.88. The molecule has 2 saturated heterocycles. The monoisotopic (exact) mass is 580 g/mol. The summed E-state index contributed by atoms with van der Waals surface area (Å²) in [5.74, 6) is -1.88. The lowest BCUT2D eigenvalue weighted by Gasteiger charge is -2.31. The summed E-state index contributed by atoms with van der Waals surface area (Å²) in [6.45, 7) is 8.18. The summed E-state index contributed by atoms with van der Waals surface area (Å²) >= 11 is 0. The second-order valence-corrected chi connectivity index (χ2v) is 12.3. The Hall–Kier alpha value is -3.50. The predicted molar refractivity (Wildman–Crippen MR) is 154 cm³/mol. The maximum absolute atomic E-state index is 16.6. The van der Waals surface area contributed by atoms with Gasteiger partial charge in [-0.15, -0.1) is 0 Å². The van der Waals surface area contributed by atoms with E-state index in [1.165, 1.54) is 24.4 Å². The zero-order valence-corrected chi connectivity index (χ0v) is 24.2. The Morgan fingerprint density at radius 2 is 2.00 bits per heavy atom. The molecule has 0 spiro atoms. The van der Waals surface area contributed by atoms with Crippen LogP contribution < -0.4 is 4.74 Å². The van der Waals surface area contributed by atoms with Crippen LogP contribution in [0.3, 0.4) is 0 Å². The molecule has 2 N–H and O–H groups in total. The second-order valence-electron chi connectivity index (χ2n) is 12.3. The number of rotatable bonds is 7. The number of phenolic OH excluding ortho intramolecular Hbond substituents is 1. The van der Waals surface area contributed by atoms with Crippen molar-refractivity contribution >= 4 is 21.7 Å². The Morgan fingerprint density at radius 1 is 1.21 bits per heavy atom. The fourth-order valence-corrected chi connectivity index (χ4v) is 6.65. The Kier molecular flexibility index (Phi) is 7.05. The molecule has 222 valence electrons. The first kappa shape index (κ1) is 28.6. The molecule has 4 heterocycles. The van der Waals surface area contributed by atoms with Gasteiger partial charge in [-0.25, -0.2) is 13.2 Å². The first-order valence-corrected chi connectivity index (χ1v) is 14.5. The third kappa shape index (κ3) is 4.74. The number of alkyl halides is 1. The summed E-state index contributed by atoms with van der Waals surface area (Å²) in [6.07, 6.45) is 2.95. The number of ether oxygens (including phenoxy) is 1. The highest BCUT2D eigenvalue weighted by molar-refractivity contribution is 6.01. The standard InChI is InChI=1S/C32H35F3N4O3/c1-5-21-24(34)8-7-18-11-20(40)12-22(25(18)21)28-26(35)29-23(14-36-28)27(17(2)31(3,4)41)37-30(38-29)42-16-32-9-6-10-39(32)15-19(33)13-32/h7-8,11-12,14,17,19,40-41H,5-6,9-10,13,15-16H2,1-4H3/t17-,19-,32+/m1/s1. The van der Waals surface area contributed by atoms with Crippen molar-refractivity contribution in [1.29, 1.82) is 0 Å². The number of phenols is 1. The van der Waals surface area contributed by atoms with E-state index < -0.39 is 34.9 Å². The van der Waals surface area contributed by atoms with Gasteiger partial charge in [-0.1, -0.05) is 19.9 Å².